The van der Waals surface area contributed by atoms with Gasteiger partial charge in [0.05, 0.1) is 0 Å². The third-order valence-electron chi connectivity index (χ3n) is 4.53. The lowest BCUT2D eigenvalue weighted by Gasteiger charge is -2.20. The zero-order valence-corrected chi connectivity index (χ0v) is 11.1. The first-order valence-electron chi connectivity index (χ1n) is 7.25. The van der Waals surface area contributed by atoms with Gasteiger partial charge in [0.1, 0.15) is 5.60 Å². The van der Waals surface area contributed by atoms with Gasteiger partial charge in [0.2, 0.25) is 0 Å². The van der Waals surface area contributed by atoms with E-state index >= 15 is 0 Å². The Morgan fingerprint density at radius 1 is 1.26 bits per heavy atom. The molecule has 0 radical (unpaired) electrons. The second-order valence-corrected chi connectivity index (χ2v) is 5.96. The highest BCUT2D eigenvalue weighted by Gasteiger charge is 2.42. The summed E-state index contributed by atoms with van der Waals surface area (Å²) in [7, 11) is 0. The fraction of sp³-hybridized carbons (Fsp3) is 0.562. The average Bonchev–Trinajstić information content (AvgIpc) is 3.09. The van der Waals surface area contributed by atoms with Crippen molar-refractivity contribution < 1.29 is 9.90 Å². The quantitative estimate of drug-likeness (QED) is 0.871. The van der Waals surface area contributed by atoms with Gasteiger partial charge in [-0.15, -0.1) is 0 Å². The molecule has 2 aliphatic rings. The fourth-order valence-electron chi connectivity index (χ4n) is 3.16. The van der Waals surface area contributed by atoms with E-state index in [4.69, 9.17) is 0 Å². The third-order valence-corrected chi connectivity index (χ3v) is 4.53. The van der Waals surface area contributed by atoms with Gasteiger partial charge in [-0.1, -0.05) is 30.3 Å². The smallest absolute Gasteiger partial charge is 0.251 e. The molecule has 3 nitrogen and oxygen atoms in total. The highest BCUT2D eigenvalue weighted by Crippen LogP contribution is 2.46. The van der Waals surface area contributed by atoms with Gasteiger partial charge in [-0.3, -0.25) is 4.79 Å². The Morgan fingerprint density at radius 3 is 2.63 bits per heavy atom. The maximum Gasteiger partial charge on any atom is 0.251 e. The van der Waals surface area contributed by atoms with Gasteiger partial charge >= 0.3 is 0 Å². The number of carbonyl (C=O) groups is 1. The second kappa shape index (κ2) is 4.97. The predicted molar refractivity (Wildman–Crippen MR) is 73.7 cm³/mol. The molecule has 19 heavy (non-hydrogen) atoms. The van der Waals surface area contributed by atoms with Crippen molar-refractivity contribution in [2.24, 2.45) is 5.92 Å². The molecule has 0 heterocycles. The number of hydrogen-bond acceptors (Lipinski definition) is 2. The molecule has 2 atom stereocenters. The van der Waals surface area contributed by atoms with E-state index in [9.17, 15) is 9.90 Å². The van der Waals surface area contributed by atoms with Crippen LogP contribution in [0.1, 0.15) is 43.6 Å². The van der Waals surface area contributed by atoms with Crippen LogP contribution >= 0.6 is 0 Å². The van der Waals surface area contributed by atoms with Crippen LogP contribution in [0.4, 0.5) is 0 Å². The molecule has 1 aromatic carbocycles. The molecule has 2 fully saturated rings. The maximum absolute atomic E-state index is 12.0. The summed E-state index contributed by atoms with van der Waals surface area (Å²) in [4.78, 5) is 12.0. The van der Waals surface area contributed by atoms with Crippen molar-refractivity contribution in [3.8, 4) is 0 Å². The Hall–Kier alpha value is -1.35. The Morgan fingerprint density at radius 2 is 1.95 bits per heavy atom. The number of hydrogen-bond donors (Lipinski definition) is 2. The van der Waals surface area contributed by atoms with Crippen LogP contribution in [0.15, 0.2) is 30.3 Å². The Kier molecular flexibility index (Phi) is 3.31. The molecule has 3 rings (SSSR count). The van der Waals surface area contributed by atoms with Crippen molar-refractivity contribution in [3.05, 3.63) is 35.9 Å². The lowest BCUT2D eigenvalue weighted by molar-refractivity contribution is -0.139. The molecule has 0 saturated heterocycles. The zero-order chi connectivity index (χ0) is 13.3. The minimum absolute atomic E-state index is 0.163. The molecule has 0 aromatic heterocycles. The van der Waals surface area contributed by atoms with E-state index in [0.717, 1.165) is 19.3 Å². The summed E-state index contributed by atoms with van der Waals surface area (Å²) in [5.41, 5.74) is 0.276. The van der Waals surface area contributed by atoms with Gasteiger partial charge in [-0.25, -0.2) is 0 Å². The normalized spacial score (nSPS) is 28.1. The van der Waals surface area contributed by atoms with Crippen LogP contribution in [0.25, 0.3) is 0 Å². The van der Waals surface area contributed by atoms with Crippen LogP contribution < -0.4 is 5.32 Å². The van der Waals surface area contributed by atoms with Crippen LogP contribution in [0.5, 0.6) is 0 Å². The molecular weight excluding hydrogens is 238 g/mol. The first kappa shape index (κ1) is 12.7. The van der Waals surface area contributed by atoms with E-state index in [2.05, 4.69) is 29.6 Å². The monoisotopic (exact) mass is 259 g/mol. The number of rotatable bonds is 4. The summed E-state index contributed by atoms with van der Waals surface area (Å²) < 4.78 is 0. The molecule has 0 bridgehead atoms. The van der Waals surface area contributed by atoms with Crippen LogP contribution in [-0.2, 0) is 4.79 Å². The van der Waals surface area contributed by atoms with Gasteiger partial charge in [0, 0.05) is 6.54 Å². The van der Waals surface area contributed by atoms with Crippen LogP contribution in [-0.4, -0.2) is 23.2 Å². The Labute approximate surface area is 114 Å². The summed E-state index contributed by atoms with van der Waals surface area (Å²) in [6.07, 6.45) is 4.29. The molecule has 1 aromatic rings. The molecule has 2 unspecified atom stereocenters. The predicted octanol–water partition coefficient (Wildman–Crippen LogP) is 2.21. The molecule has 102 valence electrons. The number of carbonyl (C=O) groups excluding carboxylic acids is 1. The van der Waals surface area contributed by atoms with E-state index in [-0.39, 0.29) is 5.91 Å². The summed E-state index contributed by atoms with van der Waals surface area (Å²) in [5.74, 6) is 0.958. The molecular formula is C16H21NO2. The highest BCUT2D eigenvalue weighted by molar-refractivity contribution is 5.85. The lowest BCUT2D eigenvalue weighted by atomic mass is 10.0. The minimum atomic E-state index is -1.09. The molecule has 1 amide bonds. The largest absolute Gasteiger partial charge is 0.380 e. The minimum Gasteiger partial charge on any atom is -0.380 e. The van der Waals surface area contributed by atoms with E-state index in [0.29, 0.717) is 31.2 Å². The van der Waals surface area contributed by atoms with Gasteiger partial charge < -0.3 is 10.4 Å². The van der Waals surface area contributed by atoms with Crippen LogP contribution in [0.3, 0.4) is 0 Å². The fourth-order valence-corrected chi connectivity index (χ4v) is 3.16. The van der Waals surface area contributed by atoms with Crippen LogP contribution in [0.2, 0.25) is 0 Å². The lowest BCUT2D eigenvalue weighted by Crippen LogP contribution is -2.45. The van der Waals surface area contributed by atoms with Crippen molar-refractivity contribution in [2.75, 3.05) is 6.54 Å². The number of aliphatic hydroxyl groups is 1. The number of amides is 1. The topological polar surface area (TPSA) is 49.3 Å². The van der Waals surface area contributed by atoms with E-state index in [1.54, 1.807) is 0 Å². The summed E-state index contributed by atoms with van der Waals surface area (Å²) in [6.45, 7) is 0.695. The van der Waals surface area contributed by atoms with E-state index in [1.807, 2.05) is 6.07 Å². The first-order valence-corrected chi connectivity index (χ1v) is 7.25. The zero-order valence-electron chi connectivity index (χ0n) is 11.1. The van der Waals surface area contributed by atoms with E-state index < -0.39 is 5.60 Å². The van der Waals surface area contributed by atoms with Gasteiger partial charge in [-0.2, -0.15) is 0 Å². The average molecular weight is 259 g/mol. The molecule has 3 heteroatoms. The van der Waals surface area contributed by atoms with E-state index in [1.165, 1.54) is 5.56 Å². The molecule has 2 aliphatic carbocycles. The van der Waals surface area contributed by atoms with Crippen molar-refractivity contribution in [1.29, 1.82) is 0 Å². The summed E-state index contributed by atoms with van der Waals surface area (Å²) in [5, 5.41) is 13.1. The van der Waals surface area contributed by atoms with Gasteiger partial charge in [0.15, 0.2) is 0 Å². The second-order valence-electron chi connectivity index (χ2n) is 5.96. The molecule has 2 N–H and O–H groups in total. The highest BCUT2D eigenvalue weighted by atomic mass is 16.3. The molecule has 0 aliphatic heterocycles. The molecule has 2 saturated carbocycles. The van der Waals surface area contributed by atoms with Gasteiger partial charge in [0.25, 0.3) is 5.91 Å². The van der Waals surface area contributed by atoms with Gasteiger partial charge in [-0.05, 0) is 49.5 Å². The number of benzene rings is 1. The Balaban J connectivity index is 1.48. The first-order chi connectivity index (χ1) is 9.19. The SMILES string of the molecule is O=C(NCC1CC1c1ccccc1)C1(O)CCCC1. The van der Waals surface area contributed by atoms with Crippen LogP contribution in [0, 0.1) is 5.92 Å². The van der Waals surface area contributed by atoms with Crippen molar-refractivity contribution in [2.45, 2.75) is 43.6 Å². The van der Waals surface area contributed by atoms with Crippen molar-refractivity contribution in [1.82, 2.24) is 5.32 Å². The standard InChI is InChI=1S/C16H21NO2/c18-15(16(19)8-4-5-9-16)17-11-13-10-14(13)12-6-2-1-3-7-12/h1-3,6-7,13-14,19H,4-5,8-11H2,(H,17,18). The van der Waals surface area contributed by atoms with Crippen molar-refractivity contribution in [3.63, 3.8) is 0 Å². The van der Waals surface area contributed by atoms with Crippen molar-refractivity contribution >= 4 is 5.91 Å². The Bertz CT molecular complexity index is 451. The third kappa shape index (κ3) is 2.66. The number of nitrogens with one attached hydrogen (secondary N) is 1. The maximum atomic E-state index is 12.0. The molecule has 0 spiro atoms. The summed E-state index contributed by atoms with van der Waals surface area (Å²) >= 11 is 0. The summed E-state index contributed by atoms with van der Waals surface area (Å²) in [6, 6.07) is 10.4.